The van der Waals surface area contributed by atoms with Crippen molar-refractivity contribution < 1.29 is 0 Å². The van der Waals surface area contributed by atoms with Gasteiger partial charge in [0.25, 0.3) is 0 Å². The Morgan fingerprint density at radius 2 is 0.815 bits per heavy atom. The van der Waals surface area contributed by atoms with Gasteiger partial charge in [0.05, 0.1) is 0 Å². The number of thiophene rings is 5. The Bertz CT molecular complexity index is 1700. The lowest BCUT2D eigenvalue weighted by molar-refractivity contribution is 0.629. The van der Waals surface area contributed by atoms with Crippen molar-refractivity contribution in [3.8, 4) is 0 Å². The van der Waals surface area contributed by atoms with Gasteiger partial charge in [-0.1, -0.05) is 0 Å². The normalized spacial score (nSPS) is 22.3. The molecule has 0 amide bonds. The largest absolute Gasteiger partial charge is 0.330 e. The lowest BCUT2D eigenvalue weighted by Gasteiger charge is -2.06. The number of fused-ring (bicyclic) bond motifs is 5. The molecule has 0 aromatic carbocycles. The minimum absolute atomic E-state index is 0.670. The molecule has 5 aliphatic rings. The smallest absolute Gasteiger partial charge is 0.0124 e. The Balaban J connectivity index is 0.000000115. The van der Waals surface area contributed by atoms with Gasteiger partial charge in [-0.3, -0.25) is 0 Å². The average Bonchev–Trinajstić information content (AvgIpc) is 4.02. The Morgan fingerprint density at radius 3 is 1.19 bits per heavy atom. The van der Waals surface area contributed by atoms with E-state index in [1.165, 1.54) is 69.8 Å². The summed E-state index contributed by atoms with van der Waals surface area (Å²) >= 11 is 9.52. The number of aryl methyl sites for hydroxylation is 5. The van der Waals surface area contributed by atoms with Crippen LogP contribution in [0.4, 0.5) is 0 Å². The molecule has 0 saturated carbocycles. The Morgan fingerprint density at radius 1 is 0.481 bits per heavy atom. The van der Waals surface area contributed by atoms with Crippen molar-refractivity contribution in [2.24, 2.45) is 11.5 Å². The summed E-state index contributed by atoms with van der Waals surface area (Å²) in [5, 5.41) is 20.8. The molecule has 0 aliphatic heterocycles. The number of nitrogens with one attached hydrogen (secondary N) is 3. The van der Waals surface area contributed by atoms with Crippen molar-refractivity contribution in [2.45, 2.75) is 101 Å². The molecule has 5 heterocycles. The number of rotatable bonds is 8. The second kappa shape index (κ2) is 21.2. The summed E-state index contributed by atoms with van der Waals surface area (Å²) in [6.45, 7) is 7.29. The molecule has 0 saturated heterocycles. The van der Waals surface area contributed by atoms with Crippen LogP contribution in [0.3, 0.4) is 0 Å². The summed E-state index contributed by atoms with van der Waals surface area (Å²) in [6, 6.07) is 9.05. The predicted octanol–water partition coefficient (Wildman–Crippen LogP) is 9.77. The van der Waals surface area contributed by atoms with Gasteiger partial charge < -0.3 is 27.4 Å². The Hall–Kier alpha value is -1.70. The molecule has 54 heavy (non-hydrogen) atoms. The van der Waals surface area contributed by atoms with E-state index in [2.05, 4.69) is 74.0 Å². The number of hydrogen-bond donors (Lipinski definition) is 5. The van der Waals surface area contributed by atoms with Gasteiger partial charge in [-0.25, -0.2) is 0 Å². The maximum Gasteiger partial charge on any atom is 0.0124 e. The fourth-order valence-electron chi connectivity index (χ4n) is 8.87. The molecule has 10 rings (SSSR count). The van der Waals surface area contributed by atoms with Crippen LogP contribution >= 0.6 is 56.7 Å². The van der Waals surface area contributed by atoms with Crippen LogP contribution in [0, 0.1) is 6.92 Å². The molecule has 0 fully saturated rings. The molecule has 5 nitrogen and oxygen atoms in total. The number of hydrogen-bond acceptors (Lipinski definition) is 10. The quantitative estimate of drug-likeness (QED) is 0.108. The van der Waals surface area contributed by atoms with Crippen molar-refractivity contribution in [3.63, 3.8) is 0 Å². The average molecular weight is 822 g/mol. The summed E-state index contributed by atoms with van der Waals surface area (Å²) in [7, 11) is 6.10. The van der Waals surface area contributed by atoms with E-state index in [9.17, 15) is 0 Å². The van der Waals surface area contributed by atoms with Crippen molar-refractivity contribution in [1.82, 2.24) is 16.0 Å². The van der Waals surface area contributed by atoms with E-state index in [0.29, 0.717) is 11.8 Å². The van der Waals surface area contributed by atoms with Crippen LogP contribution in [0.2, 0.25) is 0 Å². The maximum absolute atomic E-state index is 5.66. The fraction of sp³-hybridized carbons (Fsp3) is 0.545. The highest BCUT2D eigenvalue weighted by Gasteiger charge is 2.26. The predicted molar refractivity (Wildman–Crippen MR) is 242 cm³/mol. The molecule has 5 aromatic heterocycles. The second-order valence-corrected chi connectivity index (χ2v) is 20.0. The van der Waals surface area contributed by atoms with E-state index in [-0.39, 0.29) is 0 Å². The minimum atomic E-state index is 0.670. The standard InChI is InChI=1S/4C9H13NS.C8H11NS/c1-6-5-11-9-7(4-10)2-3-8(6)9;3*1-10-6-8-3-2-7-4-5-11-9(7)8;9-5-7-2-1-6-3-4-10-8(6)7/h5,7H,2-4,10H2,1H3;3*4-5,8,10H,2-3,6H2,1H3;3-4,7H,1-2,5,9H2/t;2*8-;;/m.10../s1. The van der Waals surface area contributed by atoms with Crippen LogP contribution in [0.15, 0.2) is 51.2 Å². The van der Waals surface area contributed by atoms with Gasteiger partial charge in [0.15, 0.2) is 0 Å². The van der Waals surface area contributed by atoms with Gasteiger partial charge in [-0.05, 0) is 190 Å². The third-order valence-electron chi connectivity index (χ3n) is 11.8. The van der Waals surface area contributed by atoms with Crippen LogP contribution in [-0.4, -0.2) is 53.9 Å². The van der Waals surface area contributed by atoms with Gasteiger partial charge in [0.1, 0.15) is 0 Å². The first-order chi connectivity index (χ1) is 26.5. The maximum atomic E-state index is 5.66. The summed E-state index contributed by atoms with van der Waals surface area (Å²) in [5.74, 6) is 3.75. The summed E-state index contributed by atoms with van der Waals surface area (Å²) in [6.07, 6.45) is 13.0. The van der Waals surface area contributed by atoms with Gasteiger partial charge in [-0.15, -0.1) is 56.7 Å². The molecular formula is C44H63N5S5. The van der Waals surface area contributed by atoms with Crippen molar-refractivity contribution in [2.75, 3.05) is 53.9 Å². The molecule has 0 spiro atoms. The molecule has 5 aliphatic carbocycles. The third kappa shape index (κ3) is 10.2. The molecule has 3 unspecified atom stereocenters. The highest BCUT2D eigenvalue weighted by molar-refractivity contribution is 7.11. The Kier molecular flexibility index (Phi) is 16.4. The highest BCUT2D eigenvalue weighted by Crippen LogP contribution is 2.40. The van der Waals surface area contributed by atoms with Gasteiger partial charge in [0, 0.05) is 73.6 Å². The van der Waals surface area contributed by atoms with Crippen LogP contribution in [-0.2, 0) is 32.1 Å². The van der Waals surface area contributed by atoms with Gasteiger partial charge >= 0.3 is 0 Å². The lowest BCUT2D eigenvalue weighted by atomic mass is 10.1. The zero-order chi connectivity index (χ0) is 37.9. The second-order valence-electron chi connectivity index (χ2n) is 15.3. The van der Waals surface area contributed by atoms with E-state index < -0.39 is 0 Å². The third-order valence-corrected chi connectivity index (χ3v) is 17.6. The fourth-order valence-corrected chi connectivity index (χ4v) is 14.5. The van der Waals surface area contributed by atoms with E-state index in [1.54, 1.807) is 52.2 Å². The molecule has 0 bridgehead atoms. The first-order valence-corrected chi connectivity index (χ1v) is 24.5. The molecule has 5 aromatic rings. The molecule has 0 radical (unpaired) electrons. The zero-order valence-corrected chi connectivity index (χ0v) is 37.0. The molecule has 5 atom stereocenters. The van der Waals surface area contributed by atoms with Crippen molar-refractivity contribution in [3.05, 3.63) is 109 Å². The SMILES string of the molecule is CNCC1CCc2ccsc21.CNC[C@@H]1CCc2ccsc21.CNC[C@H]1CCc2ccsc21.Cc1csc2c1CCC2CN.NCC1CCc2ccsc21. The molecule has 10 heteroatoms. The van der Waals surface area contributed by atoms with Crippen LogP contribution in [0.1, 0.15) is 119 Å². The monoisotopic (exact) mass is 821 g/mol. The van der Waals surface area contributed by atoms with E-state index in [0.717, 1.165) is 50.5 Å². The molecular weight excluding hydrogens is 759 g/mol. The number of likely N-dealkylation sites (N-methyl/N-ethyl adjacent to an activating group) is 3. The van der Waals surface area contributed by atoms with Crippen LogP contribution < -0.4 is 27.4 Å². The number of nitrogens with two attached hydrogens (primary N) is 2. The van der Waals surface area contributed by atoms with Crippen LogP contribution in [0.25, 0.3) is 0 Å². The summed E-state index contributed by atoms with van der Waals surface area (Å²) in [4.78, 5) is 7.98. The summed E-state index contributed by atoms with van der Waals surface area (Å²) in [5.41, 5.74) is 20.7. The molecule has 7 N–H and O–H groups in total. The van der Waals surface area contributed by atoms with E-state index >= 15 is 0 Å². The first-order valence-electron chi connectivity index (χ1n) is 20.1. The minimum Gasteiger partial charge on any atom is -0.330 e. The Labute approximate surface area is 345 Å². The topological polar surface area (TPSA) is 88.1 Å². The zero-order valence-electron chi connectivity index (χ0n) is 32.9. The highest BCUT2D eigenvalue weighted by atomic mass is 32.1. The van der Waals surface area contributed by atoms with Gasteiger partial charge in [-0.2, -0.15) is 0 Å². The van der Waals surface area contributed by atoms with Crippen molar-refractivity contribution >= 4 is 56.7 Å². The van der Waals surface area contributed by atoms with Gasteiger partial charge in [0.2, 0.25) is 0 Å². The van der Waals surface area contributed by atoms with Crippen molar-refractivity contribution in [1.29, 1.82) is 0 Å². The van der Waals surface area contributed by atoms with E-state index in [4.69, 9.17) is 11.5 Å². The van der Waals surface area contributed by atoms with E-state index in [1.807, 2.05) is 77.8 Å². The molecule has 294 valence electrons. The summed E-state index contributed by atoms with van der Waals surface area (Å²) < 4.78 is 0. The van der Waals surface area contributed by atoms with Crippen LogP contribution in [0.5, 0.6) is 0 Å². The first kappa shape index (κ1) is 41.9. The lowest BCUT2D eigenvalue weighted by Crippen LogP contribution is -2.14.